The first kappa shape index (κ1) is 25.4. The van der Waals surface area contributed by atoms with E-state index in [-0.39, 0.29) is 18.4 Å². The van der Waals surface area contributed by atoms with Crippen LogP contribution in [0.4, 0.5) is 17.6 Å². The van der Waals surface area contributed by atoms with Crippen molar-refractivity contribution in [1.82, 2.24) is 9.97 Å². The predicted octanol–water partition coefficient (Wildman–Crippen LogP) is 5.61. The van der Waals surface area contributed by atoms with Gasteiger partial charge in [0, 0.05) is 47.7 Å². The quantitative estimate of drug-likeness (QED) is 0.339. The van der Waals surface area contributed by atoms with Crippen molar-refractivity contribution < 1.29 is 22.1 Å². The second-order valence-corrected chi connectivity index (χ2v) is 10.5. The van der Waals surface area contributed by atoms with E-state index in [1.54, 1.807) is 50.4 Å². The highest BCUT2D eigenvalue weighted by Gasteiger charge is 2.47. The normalized spacial score (nSPS) is 15.2. The molecule has 2 heterocycles. The average Bonchev–Trinajstić information content (AvgIpc) is 2.73. The number of alkyl halides is 3. The van der Waals surface area contributed by atoms with Crippen molar-refractivity contribution in [1.29, 1.82) is 0 Å². The Morgan fingerprint density at radius 1 is 1.03 bits per heavy atom. The molecule has 2 N–H and O–H groups in total. The van der Waals surface area contributed by atoms with Gasteiger partial charge < -0.3 is 4.55 Å². The van der Waals surface area contributed by atoms with Gasteiger partial charge in [-0.2, -0.15) is 18.3 Å². The number of rotatable bonds is 7. The first-order valence-electron chi connectivity index (χ1n) is 9.90. The summed E-state index contributed by atoms with van der Waals surface area (Å²) in [4.78, 5) is 8.71. The van der Waals surface area contributed by atoms with Crippen molar-refractivity contribution in [3.63, 3.8) is 0 Å². The van der Waals surface area contributed by atoms with E-state index in [2.05, 4.69) is 9.97 Å². The Labute approximate surface area is 197 Å². The summed E-state index contributed by atoms with van der Waals surface area (Å²) in [6.45, 7) is 3.27. The Morgan fingerprint density at radius 3 is 2.27 bits per heavy atom. The van der Waals surface area contributed by atoms with E-state index in [0.717, 1.165) is 12.1 Å². The minimum Gasteiger partial charge on any atom is -0.598 e. The highest BCUT2D eigenvalue weighted by molar-refractivity contribution is 7.90. The van der Waals surface area contributed by atoms with Crippen LogP contribution in [0.1, 0.15) is 42.8 Å². The molecular formula is C23H22ClF4N3OS. The molecule has 176 valence electrons. The molecule has 1 aromatic carbocycles. The van der Waals surface area contributed by atoms with Crippen molar-refractivity contribution in [2.45, 2.75) is 43.0 Å². The molecule has 0 aliphatic rings. The van der Waals surface area contributed by atoms with Crippen LogP contribution in [-0.4, -0.2) is 19.3 Å². The largest absolute Gasteiger partial charge is 0.598 e. The van der Waals surface area contributed by atoms with Gasteiger partial charge in [0.25, 0.3) is 0 Å². The number of aromatic nitrogens is 2. The Bertz CT molecular complexity index is 1100. The van der Waals surface area contributed by atoms with E-state index < -0.39 is 39.1 Å². The van der Waals surface area contributed by atoms with Gasteiger partial charge in [-0.25, -0.2) is 4.39 Å². The van der Waals surface area contributed by atoms with Crippen LogP contribution in [0, 0.1) is 5.82 Å². The third-order valence-corrected chi connectivity index (χ3v) is 6.93. The monoisotopic (exact) mass is 499 g/mol. The van der Waals surface area contributed by atoms with E-state index in [0.29, 0.717) is 22.5 Å². The Kier molecular flexibility index (Phi) is 7.38. The van der Waals surface area contributed by atoms with Crippen LogP contribution in [0.15, 0.2) is 60.9 Å². The molecule has 3 aromatic rings. The maximum Gasteiger partial charge on any atom is 0.416 e. The van der Waals surface area contributed by atoms with Gasteiger partial charge in [0.2, 0.25) is 0 Å². The van der Waals surface area contributed by atoms with Crippen LogP contribution in [0.2, 0.25) is 5.02 Å². The summed E-state index contributed by atoms with van der Waals surface area (Å²) < 4.78 is 66.7. The third-order valence-electron chi connectivity index (χ3n) is 5.48. The van der Waals surface area contributed by atoms with Crippen molar-refractivity contribution in [2.24, 2.45) is 5.14 Å². The number of pyridine rings is 2. The van der Waals surface area contributed by atoms with Crippen molar-refractivity contribution in [2.75, 3.05) is 0 Å². The number of benzene rings is 1. The Morgan fingerprint density at radius 2 is 1.73 bits per heavy atom. The smallest absolute Gasteiger partial charge is 0.416 e. The Hall–Kier alpha value is -2.20. The van der Waals surface area contributed by atoms with E-state index in [9.17, 15) is 22.1 Å². The number of nitrogens with two attached hydrogens (primary N) is 1. The van der Waals surface area contributed by atoms with Gasteiger partial charge in [-0.3, -0.25) is 9.97 Å². The van der Waals surface area contributed by atoms with E-state index in [1.807, 2.05) is 0 Å². The maximum atomic E-state index is 14.6. The van der Waals surface area contributed by atoms with E-state index in [1.165, 1.54) is 6.20 Å². The third kappa shape index (κ3) is 5.84. The first-order valence-corrected chi connectivity index (χ1v) is 11.5. The Balaban J connectivity index is 2.35. The van der Waals surface area contributed by atoms with Gasteiger partial charge in [-0.1, -0.05) is 17.7 Å². The molecule has 10 heteroatoms. The number of hydrogen-bond acceptors (Lipinski definition) is 4. The predicted molar refractivity (Wildman–Crippen MR) is 120 cm³/mol. The molecule has 2 aromatic heterocycles. The number of halogens is 5. The SMILES string of the molecule is CC(C)(C[C@@](Cc1ccccn1)(c1cc(F)cc(C(F)(F)F)c1)c1ccc(Cl)cn1)[S+](N)[O-]. The molecule has 0 radical (unpaired) electrons. The van der Waals surface area contributed by atoms with Crippen molar-refractivity contribution in [3.8, 4) is 0 Å². The molecule has 0 aliphatic heterocycles. The molecule has 0 saturated carbocycles. The summed E-state index contributed by atoms with van der Waals surface area (Å²) in [5, 5.41) is 6.06. The zero-order valence-corrected chi connectivity index (χ0v) is 19.4. The van der Waals surface area contributed by atoms with Crippen LogP contribution in [0.5, 0.6) is 0 Å². The van der Waals surface area contributed by atoms with Crippen molar-refractivity contribution in [3.05, 3.63) is 94.3 Å². The molecule has 4 nitrogen and oxygen atoms in total. The molecule has 0 saturated heterocycles. The molecule has 0 fully saturated rings. The fourth-order valence-corrected chi connectivity index (χ4v) is 4.39. The molecule has 3 rings (SSSR count). The first-order chi connectivity index (χ1) is 15.3. The van der Waals surface area contributed by atoms with Gasteiger partial charge in [0.1, 0.15) is 10.6 Å². The standard InChI is InChI=1S/C23H22ClF4N3OS/c1-21(2,33(29)32)14-22(12-19-5-3-4-8-30-19,20-7-6-17(24)13-31-20)15-9-16(23(26,27)28)11-18(25)10-15/h3-11,13H,12,14,29H2,1-2H3/t22-,33?/m0/s1. The average molecular weight is 500 g/mol. The molecule has 33 heavy (non-hydrogen) atoms. The summed E-state index contributed by atoms with van der Waals surface area (Å²) in [5.41, 5.74) is -1.60. The molecule has 2 atom stereocenters. The van der Waals surface area contributed by atoms with Crippen LogP contribution in [-0.2, 0) is 29.4 Å². The van der Waals surface area contributed by atoms with E-state index >= 15 is 0 Å². The molecule has 0 amide bonds. The minimum atomic E-state index is -4.77. The fraction of sp³-hybridized carbons (Fsp3) is 0.304. The lowest BCUT2D eigenvalue weighted by molar-refractivity contribution is -0.137. The summed E-state index contributed by atoms with van der Waals surface area (Å²) in [5.74, 6) is -1.05. The second kappa shape index (κ2) is 9.58. The summed E-state index contributed by atoms with van der Waals surface area (Å²) in [6.07, 6.45) is -1.80. The number of nitrogens with zero attached hydrogens (tertiary/aromatic N) is 2. The van der Waals surface area contributed by atoms with E-state index in [4.69, 9.17) is 16.7 Å². The fourth-order valence-electron chi connectivity index (χ4n) is 3.89. The molecule has 0 bridgehead atoms. The molecule has 0 aliphatic carbocycles. The highest BCUT2D eigenvalue weighted by atomic mass is 35.5. The topological polar surface area (TPSA) is 74.9 Å². The zero-order chi connectivity index (χ0) is 24.4. The minimum absolute atomic E-state index is 0.00489. The summed E-state index contributed by atoms with van der Waals surface area (Å²) >= 11 is 4.16. The van der Waals surface area contributed by atoms with Gasteiger partial charge in [-0.05, 0) is 61.9 Å². The van der Waals surface area contributed by atoms with Gasteiger partial charge in [-0.15, -0.1) is 0 Å². The van der Waals surface area contributed by atoms with Crippen LogP contribution in [0.3, 0.4) is 0 Å². The lowest BCUT2D eigenvalue weighted by atomic mass is 9.68. The van der Waals surface area contributed by atoms with Crippen LogP contribution >= 0.6 is 11.6 Å². The molecular weight excluding hydrogens is 478 g/mol. The molecule has 1 unspecified atom stereocenters. The van der Waals surface area contributed by atoms with Crippen LogP contribution < -0.4 is 5.14 Å². The van der Waals surface area contributed by atoms with Gasteiger partial charge in [0.05, 0.1) is 16.3 Å². The second-order valence-electron chi connectivity index (χ2n) is 8.40. The zero-order valence-electron chi connectivity index (χ0n) is 17.9. The highest BCUT2D eigenvalue weighted by Crippen LogP contribution is 2.45. The van der Waals surface area contributed by atoms with Crippen molar-refractivity contribution >= 4 is 23.0 Å². The number of hydrogen-bond donors (Lipinski definition) is 1. The lowest BCUT2D eigenvalue weighted by Crippen LogP contribution is -2.46. The molecule has 0 spiro atoms. The van der Waals surface area contributed by atoms with Gasteiger partial charge in [0.15, 0.2) is 0 Å². The lowest BCUT2D eigenvalue weighted by Gasteiger charge is -2.39. The summed E-state index contributed by atoms with van der Waals surface area (Å²) in [7, 11) is 0. The van der Waals surface area contributed by atoms with Gasteiger partial charge >= 0.3 is 6.18 Å². The maximum absolute atomic E-state index is 14.6. The van der Waals surface area contributed by atoms with Crippen LogP contribution in [0.25, 0.3) is 0 Å². The summed E-state index contributed by atoms with van der Waals surface area (Å²) in [6, 6.07) is 10.7.